The molecule has 1 amide bonds. The van der Waals surface area contributed by atoms with E-state index in [0.717, 1.165) is 28.8 Å². The Morgan fingerprint density at radius 1 is 1.11 bits per heavy atom. The number of carboxylic acid groups (broad SMARTS) is 1. The Hall–Kier alpha value is -4.01. The van der Waals surface area contributed by atoms with Crippen LogP contribution in [0.1, 0.15) is 51.4 Å². The molecule has 2 heterocycles. The number of nitrogens with zero attached hydrogens (tertiary/aromatic N) is 2. The zero-order valence-electron chi connectivity index (χ0n) is 19.9. The SMILES string of the molecule is CCCC(NC(=O)c1ccc(-c2c(Cl)cccc2-c2nc3ccccc3[nH]2)c(C(=O)O)c1)c1cncs1. The molecule has 0 aliphatic rings. The van der Waals surface area contributed by atoms with Crippen LogP contribution in [-0.2, 0) is 0 Å². The molecule has 0 radical (unpaired) electrons. The number of hydrogen-bond donors (Lipinski definition) is 3. The predicted molar refractivity (Wildman–Crippen MR) is 146 cm³/mol. The van der Waals surface area contributed by atoms with Crippen molar-refractivity contribution in [3.63, 3.8) is 0 Å². The molecule has 9 heteroatoms. The Balaban J connectivity index is 1.56. The van der Waals surface area contributed by atoms with Gasteiger partial charge < -0.3 is 15.4 Å². The van der Waals surface area contributed by atoms with Gasteiger partial charge in [0.2, 0.25) is 0 Å². The summed E-state index contributed by atoms with van der Waals surface area (Å²) >= 11 is 8.11. The number of thiazole rings is 1. The fraction of sp³-hybridized carbons (Fsp3) is 0.143. The maximum absolute atomic E-state index is 13.1. The molecule has 2 aromatic heterocycles. The zero-order valence-corrected chi connectivity index (χ0v) is 21.4. The third-order valence-corrected chi connectivity index (χ3v) is 7.32. The summed E-state index contributed by atoms with van der Waals surface area (Å²) in [7, 11) is 0. The fourth-order valence-electron chi connectivity index (χ4n) is 4.37. The maximum Gasteiger partial charge on any atom is 0.336 e. The van der Waals surface area contributed by atoms with Gasteiger partial charge in [-0.2, -0.15) is 0 Å². The molecular weight excluding hydrogens is 508 g/mol. The fourth-order valence-corrected chi connectivity index (χ4v) is 5.35. The van der Waals surface area contributed by atoms with Crippen molar-refractivity contribution >= 4 is 45.8 Å². The number of aromatic amines is 1. The molecule has 1 atom stereocenters. The number of H-pyrrole nitrogens is 1. The summed E-state index contributed by atoms with van der Waals surface area (Å²) in [4.78, 5) is 38.6. The van der Waals surface area contributed by atoms with E-state index in [1.54, 1.807) is 36.0 Å². The molecule has 0 aliphatic carbocycles. The van der Waals surface area contributed by atoms with Crippen LogP contribution < -0.4 is 5.32 Å². The lowest BCUT2D eigenvalue weighted by Crippen LogP contribution is -2.28. The maximum atomic E-state index is 13.1. The summed E-state index contributed by atoms with van der Waals surface area (Å²) in [6, 6.07) is 17.4. The predicted octanol–water partition coefficient (Wildman–Crippen LogP) is 6.98. The molecular formula is C28H23ClN4O3S. The molecule has 0 spiro atoms. The lowest BCUT2D eigenvalue weighted by Gasteiger charge is -2.18. The second-order valence-corrected chi connectivity index (χ2v) is 9.87. The second-order valence-electron chi connectivity index (χ2n) is 8.55. The highest BCUT2D eigenvalue weighted by Crippen LogP contribution is 2.39. The summed E-state index contributed by atoms with van der Waals surface area (Å²) in [6.07, 6.45) is 3.37. The first-order chi connectivity index (χ1) is 18.0. The second kappa shape index (κ2) is 10.5. The largest absolute Gasteiger partial charge is 0.478 e. The van der Waals surface area contributed by atoms with E-state index in [1.807, 2.05) is 37.3 Å². The molecule has 3 aromatic carbocycles. The Morgan fingerprint density at radius 3 is 2.68 bits per heavy atom. The minimum Gasteiger partial charge on any atom is -0.478 e. The number of benzene rings is 3. The average Bonchev–Trinajstić information content (AvgIpc) is 3.58. The van der Waals surface area contributed by atoms with Crippen LogP contribution in [0.15, 0.2) is 72.4 Å². The number of imidazole rings is 1. The minimum absolute atomic E-state index is 0.0251. The Bertz CT molecular complexity index is 1560. The highest BCUT2D eigenvalue weighted by molar-refractivity contribution is 7.09. The molecule has 1 unspecified atom stereocenters. The van der Waals surface area contributed by atoms with Gasteiger partial charge in [-0.1, -0.05) is 55.3 Å². The van der Waals surface area contributed by atoms with Crippen molar-refractivity contribution in [3.05, 3.63) is 93.4 Å². The van der Waals surface area contributed by atoms with Gasteiger partial charge >= 0.3 is 5.97 Å². The summed E-state index contributed by atoms with van der Waals surface area (Å²) in [5.41, 5.74) is 5.19. The molecule has 0 saturated heterocycles. The van der Waals surface area contributed by atoms with Crippen LogP contribution in [-0.4, -0.2) is 31.9 Å². The van der Waals surface area contributed by atoms with Crippen LogP contribution in [0, 0.1) is 0 Å². The first-order valence-corrected chi connectivity index (χ1v) is 13.0. The van der Waals surface area contributed by atoms with Crippen molar-refractivity contribution in [3.8, 4) is 22.5 Å². The first-order valence-electron chi connectivity index (χ1n) is 11.8. The number of carbonyl (C=O) groups excluding carboxylic acids is 1. The summed E-state index contributed by atoms with van der Waals surface area (Å²) in [6.45, 7) is 2.04. The Kier molecular flexibility index (Phi) is 7.03. The van der Waals surface area contributed by atoms with E-state index < -0.39 is 5.97 Å². The Labute approximate surface area is 222 Å². The lowest BCUT2D eigenvalue weighted by atomic mass is 9.93. The third kappa shape index (κ3) is 4.98. The van der Waals surface area contributed by atoms with Gasteiger partial charge in [0.15, 0.2) is 0 Å². The lowest BCUT2D eigenvalue weighted by molar-refractivity contribution is 0.0697. The van der Waals surface area contributed by atoms with Gasteiger partial charge in [-0.25, -0.2) is 9.78 Å². The van der Waals surface area contributed by atoms with Crippen molar-refractivity contribution < 1.29 is 14.7 Å². The number of para-hydroxylation sites is 2. The molecule has 0 saturated carbocycles. The first kappa shape index (κ1) is 24.7. The van der Waals surface area contributed by atoms with Crippen LogP contribution >= 0.6 is 22.9 Å². The van der Waals surface area contributed by atoms with Crippen molar-refractivity contribution in [2.24, 2.45) is 0 Å². The van der Waals surface area contributed by atoms with E-state index in [2.05, 4.69) is 20.3 Å². The molecule has 0 bridgehead atoms. The van der Waals surface area contributed by atoms with E-state index in [-0.39, 0.29) is 23.1 Å². The molecule has 7 nitrogen and oxygen atoms in total. The Morgan fingerprint density at radius 2 is 1.95 bits per heavy atom. The smallest absolute Gasteiger partial charge is 0.336 e. The quantitative estimate of drug-likeness (QED) is 0.200. The van der Waals surface area contributed by atoms with Crippen LogP contribution in [0.4, 0.5) is 0 Å². The standard InChI is InChI=1S/C28H23ClN4O3S/c1-2-6-23(24-14-30-15-37-24)33-27(34)16-11-12-17(19(13-16)28(35)36)25-18(7-5-8-20(25)29)26-31-21-9-3-4-10-22(21)32-26/h3-5,7-15,23H,2,6H2,1H3,(H,31,32)(H,33,34)(H,35,36). The average molecular weight is 531 g/mol. The van der Waals surface area contributed by atoms with E-state index in [4.69, 9.17) is 11.6 Å². The van der Waals surface area contributed by atoms with Gasteiger partial charge in [-0.15, -0.1) is 11.3 Å². The van der Waals surface area contributed by atoms with E-state index in [0.29, 0.717) is 27.5 Å². The van der Waals surface area contributed by atoms with Gasteiger partial charge in [0.1, 0.15) is 5.82 Å². The highest BCUT2D eigenvalue weighted by atomic mass is 35.5. The number of amides is 1. The van der Waals surface area contributed by atoms with Crippen LogP contribution in [0.3, 0.4) is 0 Å². The number of hydrogen-bond acceptors (Lipinski definition) is 5. The number of carboxylic acids is 1. The summed E-state index contributed by atoms with van der Waals surface area (Å²) in [5.74, 6) is -0.936. The molecule has 0 fully saturated rings. The van der Waals surface area contributed by atoms with Crippen LogP contribution in [0.25, 0.3) is 33.5 Å². The molecule has 3 N–H and O–H groups in total. The van der Waals surface area contributed by atoms with Crippen molar-refractivity contribution in [1.82, 2.24) is 20.3 Å². The summed E-state index contributed by atoms with van der Waals surface area (Å²) in [5, 5.41) is 13.5. The number of carbonyl (C=O) groups is 2. The number of halogens is 1. The number of nitrogens with one attached hydrogen (secondary N) is 2. The minimum atomic E-state index is -1.16. The van der Waals surface area contributed by atoms with E-state index in [9.17, 15) is 14.7 Å². The topological polar surface area (TPSA) is 108 Å². The summed E-state index contributed by atoms with van der Waals surface area (Å²) < 4.78 is 0. The number of fused-ring (bicyclic) bond motifs is 1. The van der Waals surface area contributed by atoms with Crippen LogP contribution in [0.5, 0.6) is 0 Å². The zero-order chi connectivity index (χ0) is 25.9. The normalized spacial score (nSPS) is 11.9. The van der Waals surface area contributed by atoms with Gasteiger partial charge in [0.05, 0.1) is 28.1 Å². The molecule has 186 valence electrons. The molecule has 5 rings (SSSR count). The van der Waals surface area contributed by atoms with Gasteiger partial charge in [0, 0.05) is 32.8 Å². The monoisotopic (exact) mass is 530 g/mol. The molecule has 5 aromatic rings. The van der Waals surface area contributed by atoms with Gasteiger partial charge in [-0.3, -0.25) is 9.78 Å². The highest BCUT2D eigenvalue weighted by Gasteiger charge is 2.23. The molecule has 0 aliphatic heterocycles. The van der Waals surface area contributed by atoms with Crippen molar-refractivity contribution in [1.29, 1.82) is 0 Å². The van der Waals surface area contributed by atoms with Gasteiger partial charge in [-0.05, 0) is 42.3 Å². The molecule has 37 heavy (non-hydrogen) atoms. The van der Waals surface area contributed by atoms with Crippen LogP contribution in [0.2, 0.25) is 5.02 Å². The third-order valence-electron chi connectivity index (χ3n) is 6.12. The van der Waals surface area contributed by atoms with Gasteiger partial charge in [0.25, 0.3) is 5.91 Å². The number of aromatic carboxylic acids is 1. The van der Waals surface area contributed by atoms with E-state index >= 15 is 0 Å². The number of rotatable bonds is 8. The van der Waals surface area contributed by atoms with E-state index in [1.165, 1.54) is 17.4 Å². The number of aromatic nitrogens is 3. The van der Waals surface area contributed by atoms with Crippen molar-refractivity contribution in [2.75, 3.05) is 0 Å². The van der Waals surface area contributed by atoms with Crippen molar-refractivity contribution in [2.45, 2.75) is 25.8 Å².